The Hall–Kier alpha value is -1.56. The summed E-state index contributed by atoms with van der Waals surface area (Å²) in [5.74, 6) is 2.02. The van der Waals surface area contributed by atoms with Crippen molar-refractivity contribution in [1.29, 1.82) is 0 Å². The number of methoxy groups -OCH3 is 2. The molecule has 2 N–H and O–H groups in total. The van der Waals surface area contributed by atoms with E-state index >= 15 is 0 Å². The lowest BCUT2D eigenvalue weighted by Crippen LogP contribution is -2.23. The Bertz CT molecular complexity index is 384. The van der Waals surface area contributed by atoms with E-state index in [1.54, 1.807) is 26.0 Å². The Balaban J connectivity index is 2.51. The minimum absolute atomic E-state index is 0.411. The fourth-order valence-corrected chi connectivity index (χ4v) is 2.03. The second-order valence-electron chi connectivity index (χ2n) is 3.10. The van der Waals surface area contributed by atoms with Crippen LogP contribution in [0.15, 0.2) is 23.1 Å². The molecule has 0 saturated heterocycles. The molecule has 0 aromatic heterocycles. The molecule has 1 aromatic carbocycles. The average molecular weight is 257 g/mol. The van der Waals surface area contributed by atoms with Gasteiger partial charge in [-0.05, 0) is 18.2 Å². The van der Waals surface area contributed by atoms with Gasteiger partial charge in [0.05, 0.1) is 14.2 Å². The van der Waals surface area contributed by atoms with Gasteiger partial charge in [0.15, 0.2) is 11.5 Å². The molecule has 5 nitrogen and oxygen atoms in total. The first-order valence-electron chi connectivity index (χ1n) is 4.99. The fourth-order valence-electron chi connectivity index (χ4n) is 1.23. The quantitative estimate of drug-likeness (QED) is 0.603. The highest BCUT2D eigenvalue weighted by Gasteiger charge is 2.04. The number of carbonyl (C=O) groups is 1. The number of rotatable bonds is 6. The summed E-state index contributed by atoms with van der Waals surface area (Å²) in [6, 6.07) is 5.60. The average Bonchev–Trinajstić information content (AvgIpc) is 2.34. The molecule has 94 valence electrons. The summed E-state index contributed by atoms with van der Waals surface area (Å²) in [6.07, 6.45) is -1.00. The van der Waals surface area contributed by atoms with Crippen LogP contribution in [0.25, 0.3) is 0 Å². The maximum absolute atomic E-state index is 10.2. The van der Waals surface area contributed by atoms with Gasteiger partial charge < -0.3 is 19.9 Å². The molecule has 0 heterocycles. The maximum Gasteiger partial charge on any atom is 0.404 e. The van der Waals surface area contributed by atoms with Gasteiger partial charge in [-0.1, -0.05) is 0 Å². The highest BCUT2D eigenvalue weighted by molar-refractivity contribution is 7.99. The summed E-state index contributed by atoms with van der Waals surface area (Å²) in [7, 11) is 3.17. The predicted octanol–water partition coefficient (Wildman–Crippen LogP) is 2.06. The SMILES string of the molecule is COc1ccc(SCCNC(=O)O)cc1OC. The van der Waals surface area contributed by atoms with Crippen molar-refractivity contribution < 1.29 is 19.4 Å². The van der Waals surface area contributed by atoms with E-state index in [-0.39, 0.29) is 0 Å². The summed E-state index contributed by atoms with van der Waals surface area (Å²) in [6.45, 7) is 0.411. The molecule has 0 radical (unpaired) electrons. The van der Waals surface area contributed by atoms with Crippen molar-refractivity contribution in [2.75, 3.05) is 26.5 Å². The van der Waals surface area contributed by atoms with Crippen LogP contribution in [0.4, 0.5) is 4.79 Å². The lowest BCUT2D eigenvalue weighted by atomic mass is 10.3. The first-order chi connectivity index (χ1) is 8.17. The zero-order chi connectivity index (χ0) is 12.7. The van der Waals surface area contributed by atoms with Crippen LogP contribution < -0.4 is 14.8 Å². The van der Waals surface area contributed by atoms with E-state index < -0.39 is 6.09 Å². The summed E-state index contributed by atoms with van der Waals surface area (Å²) < 4.78 is 10.3. The monoisotopic (exact) mass is 257 g/mol. The second-order valence-corrected chi connectivity index (χ2v) is 4.27. The molecule has 1 amide bonds. The zero-order valence-electron chi connectivity index (χ0n) is 9.73. The molecule has 0 unspecified atom stereocenters. The van der Waals surface area contributed by atoms with E-state index in [0.29, 0.717) is 23.8 Å². The smallest absolute Gasteiger partial charge is 0.404 e. The van der Waals surface area contributed by atoms with Crippen molar-refractivity contribution in [1.82, 2.24) is 5.32 Å². The van der Waals surface area contributed by atoms with Crippen molar-refractivity contribution in [3.8, 4) is 11.5 Å². The molecule has 17 heavy (non-hydrogen) atoms. The van der Waals surface area contributed by atoms with Crippen LogP contribution in [0, 0.1) is 0 Å². The number of benzene rings is 1. The number of carboxylic acid groups (broad SMARTS) is 1. The van der Waals surface area contributed by atoms with E-state index in [0.717, 1.165) is 4.90 Å². The van der Waals surface area contributed by atoms with Crippen LogP contribution in [0.2, 0.25) is 0 Å². The molecule has 0 bridgehead atoms. The Morgan fingerprint density at radius 2 is 2.06 bits per heavy atom. The lowest BCUT2D eigenvalue weighted by molar-refractivity contribution is 0.195. The molecular weight excluding hydrogens is 242 g/mol. The third kappa shape index (κ3) is 4.44. The number of ether oxygens (including phenoxy) is 2. The summed E-state index contributed by atoms with van der Waals surface area (Å²) in [5.41, 5.74) is 0. The van der Waals surface area contributed by atoms with Crippen LogP contribution in [0.1, 0.15) is 0 Å². The van der Waals surface area contributed by atoms with Crippen molar-refractivity contribution >= 4 is 17.9 Å². The fraction of sp³-hybridized carbons (Fsp3) is 0.364. The van der Waals surface area contributed by atoms with Crippen molar-refractivity contribution in [2.24, 2.45) is 0 Å². The summed E-state index contributed by atoms with van der Waals surface area (Å²) >= 11 is 1.55. The minimum atomic E-state index is -1.00. The van der Waals surface area contributed by atoms with E-state index in [4.69, 9.17) is 14.6 Å². The van der Waals surface area contributed by atoms with Crippen molar-refractivity contribution in [2.45, 2.75) is 4.90 Å². The third-order valence-electron chi connectivity index (χ3n) is 2.00. The van der Waals surface area contributed by atoms with Crippen LogP contribution in [0.3, 0.4) is 0 Å². The summed E-state index contributed by atoms with van der Waals surface area (Å²) in [4.78, 5) is 11.2. The first-order valence-corrected chi connectivity index (χ1v) is 5.97. The Morgan fingerprint density at radius 3 is 2.65 bits per heavy atom. The highest BCUT2D eigenvalue weighted by Crippen LogP contribution is 2.31. The van der Waals surface area contributed by atoms with Gasteiger partial charge in [-0.15, -0.1) is 11.8 Å². The van der Waals surface area contributed by atoms with Crippen LogP contribution in [-0.2, 0) is 0 Å². The van der Waals surface area contributed by atoms with Crippen LogP contribution >= 0.6 is 11.8 Å². The third-order valence-corrected chi connectivity index (χ3v) is 3.00. The number of hydrogen-bond acceptors (Lipinski definition) is 4. The van der Waals surface area contributed by atoms with E-state index in [2.05, 4.69) is 5.32 Å². The lowest BCUT2D eigenvalue weighted by Gasteiger charge is -2.09. The zero-order valence-corrected chi connectivity index (χ0v) is 10.5. The molecule has 0 fully saturated rings. The van der Waals surface area contributed by atoms with Gasteiger partial charge in [0.1, 0.15) is 0 Å². The first kappa shape index (κ1) is 13.5. The minimum Gasteiger partial charge on any atom is -0.493 e. The number of amides is 1. The van der Waals surface area contributed by atoms with Gasteiger partial charge in [0.25, 0.3) is 0 Å². The Kier molecular flexibility index (Phi) is 5.48. The topological polar surface area (TPSA) is 67.8 Å². The molecule has 0 aliphatic heterocycles. The molecule has 0 aliphatic carbocycles. The number of hydrogen-bond donors (Lipinski definition) is 2. The second kappa shape index (κ2) is 6.90. The number of thioether (sulfide) groups is 1. The molecule has 0 saturated carbocycles. The molecule has 6 heteroatoms. The molecule has 1 aromatic rings. The van der Waals surface area contributed by atoms with E-state index in [1.165, 1.54) is 0 Å². The molecule has 0 aliphatic rings. The van der Waals surface area contributed by atoms with Crippen molar-refractivity contribution in [3.63, 3.8) is 0 Å². The summed E-state index contributed by atoms with van der Waals surface area (Å²) in [5, 5.41) is 10.7. The predicted molar refractivity (Wildman–Crippen MR) is 66.3 cm³/mol. The van der Waals surface area contributed by atoms with Gasteiger partial charge in [-0.25, -0.2) is 4.79 Å². The van der Waals surface area contributed by atoms with E-state index in [1.807, 2.05) is 18.2 Å². The molecule has 0 spiro atoms. The van der Waals surface area contributed by atoms with E-state index in [9.17, 15) is 4.79 Å². The Morgan fingerprint density at radius 1 is 1.35 bits per heavy atom. The van der Waals surface area contributed by atoms with Gasteiger partial charge in [-0.3, -0.25) is 0 Å². The van der Waals surface area contributed by atoms with Gasteiger partial charge >= 0.3 is 6.09 Å². The standard InChI is InChI=1S/C11H15NO4S/c1-15-9-4-3-8(7-10(9)16-2)17-6-5-12-11(13)14/h3-4,7,12H,5-6H2,1-2H3,(H,13,14). The number of nitrogens with one attached hydrogen (secondary N) is 1. The van der Waals surface area contributed by atoms with Gasteiger partial charge in [0, 0.05) is 17.2 Å². The maximum atomic E-state index is 10.2. The van der Waals surface area contributed by atoms with Crippen LogP contribution in [-0.4, -0.2) is 37.7 Å². The Labute approximate surface area is 104 Å². The molecule has 1 rings (SSSR count). The van der Waals surface area contributed by atoms with Crippen molar-refractivity contribution in [3.05, 3.63) is 18.2 Å². The largest absolute Gasteiger partial charge is 0.493 e. The highest BCUT2D eigenvalue weighted by atomic mass is 32.2. The van der Waals surface area contributed by atoms with Crippen LogP contribution in [0.5, 0.6) is 11.5 Å². The normalized spacial score (nSPS) is 9.76. The molecular formula is C11H15NO4S. The van der Waals surface area contributed by atoms with Gasteiger partial charge in [-0.2, -0.15) is 0 Å². The van der Waals surface area contributed by atoms with Gasteiger partial charge in [0.2, 0.25) is 0 Å². The molecule has 0 atom stereocenters.